The van der Waals surface area contributed by atoms with Gasteiger partial charge in [-0.3, -0.25) is 0 Å². The van der Waals surface area contributed by atoms with Crippen molar-refractivity contribution in [2.24, 2.45) is 5.92 Å². The Kier molecular flexibility index (Phi) is 6.57. The molecule has 0 spiro atoms. The van der Waals surface area contributed by atoms with Crippen molar-refractivity contribution in [3.05, 3.63) is 35.4 Å². The van der Waals surface area contributed by atoms with Gasteiger partial charge in [-0.25, -0.2) is 0 Å². The first kappa shape index (κ1) is 16.2. The molecule has 108 valence electrons. The highest BCUT2D eigenvalue weighted by Crippen LogP contribution is 2.22. The van der Waals surface area contributed by atoms with E-state index in [0.717, 1.165) is 19.1 Å². The van der Waals surface area contributed by atoms with Crippen LogP contribution in [-0.2, 0) is 16.8 Å². The van der Waals surface area contributed by atoms with Crippen LogP contribution in [-0.4, -0.2) is 6.61 Å². The van der Waals surface area contributed by atoms with Crippen LogP contribution in [0.1, 0.15) is 65.0 Å². The number of hydrogen-bond donors (Lipinski definition) is 0. The molecule has 0 aliphatic rings. The highest BCUT2D eigenvalue weighted by Gasteiger charge is 2.12. The quantitative estimate of drug-likeness (QED) is 0.645. The third-order valence-electron chi connectivity index (χ3n) is 3.72. The fraction of sp³-hybridized carbons (Fsp3) is 0.667. The SMILES string of the molecule is CCCC(CC)COCc1ccc(C(C)(C)C)cc1. The van der Waals surface area contributed by atoms with E-state index >= 15 is 0 Å². The third kappa shape index (κ3) is 5.78. The molecule has 0 radical (unpaired) electrons. The summed E-state index contributed by atoms with van der Waals surface area (Å²) in [5.74, 6) is 0.721. The van der Waals surface area contributed by atoms with Crippen molar-refractivity contribution < 1.29 is 4.74 Å². The smallest absolute Gasteiger partial charge is 0.0717 e. The monoisotopic (exact) mass is 262 g/mol. The zero-order chi connectivity index (χ0) is 14.3. The van der Waals surface area contributed by atoms with Gasteiger partial charge in [0.15, 0.2) is 0 Å². The fourth-order valence-corrected chi connectivity index (χ4v) is 2.26. The molecular formula is C18H30O. The van der Waals surface area contributed by atoms with Gasteiger partial charge in [0.2, 0.25) is 0 Å². The van der Waals surface area contributed by atoms with Crippen molar-refractivity contribution in [3.8, 4) is 0 Å². The molecule has 0 aliphatic heterocycles. The molecule has 0 fully saturated rings. The summed E-state index contributed by atoms with van der Waals surface area (Å²) in [5, 5.41) is 0. The zero-order valence-corrected chi connectivity index (χ0v) is 13.3. The Morgan fingerprint density at radius 3 is 2.16 bits per heavy atom. The van der Waals surface area contributed by atoms with Gasteiger partial charge in [-0.15, -0.1) is 0 Å². The van der Waals surface area contributed by atoms with Crippen LogP contribution in [0.2, 0.25) is 0 Å². The summed E-state index contributed by atoms with van der Waals surface area (Å²) in [7, 11) is 0. The first-order valence-corrected chi connectivity index (χ1v) is 7.64. The molecule has 0 bridgehead atoms. The minimum atomic E-state index is 0.230. The third-order valence-corrected chi connectivity index (χ3v) is 3.72. The van der Waals surface area contributed by atoms with Crippen LogP contribution in [0.5, 0.6) is 0 Å². The predicted octanol–water partition coefficient (Wildman–Crippen LogP) is 5.33. The second-order valence-electron chi connectivity index (χ2n) is 6.53. The van der Waals surface area contributed by atoms with E-state index in [1.165, 1.54) is 30.4 Å². The Balaban J connectivity index is 2.42. The van der Waals surface area contributed by atoms with E-state index in [1.54, 1.807) is 0 Å². The van der Waals surface area contributed by atoms with E-state index in [9.17, 15) is 0 Å². The van der Waals surface area contributed by atoms with Crippen molar-refractivity contribution >= 4 is 0 Å². The van der Waals surface area contributed by atoms with Gasteiger partial charge in [0.1, 0.15) is 0 Å². The molecular weight excluding hydrogens is 232 g/mol. The molecule has 1 nitrogen and oxygen atoms in total. The average Bonchev–Trinajstić information content (AvgIpc) is 2.37. The van der Waals surface area contributed by atoms with E-state index in [-0.39, 0.29) is 5.41 Å². The van der Waals surface area contributed by atoms with E-state index in [4.69, 9.17) is 4.74 Å². The van der Waals surface area contributed by atoms with Crippen LogP contribution < -0.4 is 0 Å². The zero-order valence-electron chi connectivity index (χ0n) is 13.3. The van der Waals surface area contributed by atoms with Crippen LogP contribution in [0.15, 0.2) is 24.3 Å². The molecule has 0 aliphatic carbocycles. The Labute approximate surface area is 119 Å². The maximum Gasteiger partial charge on any atom is 0.0717 e. The van der Waals surface area contributed by atoms with Gasteiger partial charge in [-0.1, -0.05) is 71.7 Å². The Morgan fingerprint density at radius 1 is 1.05 bits per heavy atom. The van der Waals surface area contributed by atoms with Crippen LogP contribution >= 0.6 is 0 Å². The van der Waals surface area contributed by atoms with Gasteiger partial charge in [0.05, 0.1) is 6.61 Å². The first-order chi connectivity index (χ1) is 8.97. The molecule has 19 heavy (non-hydrogen) atoms. The van der Waals surface area contributed by atoms with Crippen LogP contribution in [0.3, 0.4) is 0 Å². The minimum absolute atomic E-state index is 0.230. The standard InChI is InChI=1S/C18H30O/c1-6-8-15(7-2)13-19-14-16-9-11-17(12-10-16)18(3,4)5/h9-12,15H,6-8,13-14H2,1-5H3. The summed E-state index contributed by atoms with van der Waals surface area (Å²) in [6.07, 6.45) is 3.75. The summed E-state index contributed by atoms with van der Waals surface area (Å²) < 4.78 is 5.85. The van der Waals surface area contributed by atoms with Crippen LogP contribution in [0.25, 0.3) is 0 Å². The highest BCUT2D eigenvalue weighted by molar-refractivity contribution is 5.27. The summed E-state index contributed by atoms with van der Waals surface area (Å²) >= 11 is 0. The molecule has 1 aromatic carbocycles. The second kappa shape index (κ2) is 7.69. The summed E-state index contributed by atoms with van der Waals surface area (Å²) in [6.45, 7) is 12.9. The van der Waals surface area contributed by atoms with Gasteiger partial charge in [-0.05, 0) is 28.9 Å². The average molecular weight is 262 g/mol. The molecule has 1 unspecified atom stereocenters. The Hall–Kier alpha value is -0.820. The van der Waals surface area contributed by atoms with Crippen molar-refractivity contribution in [1.29, 1.82) is 0 Å². The minimum Gasteiger partial charge on any atom is -0.376 e. The van der Waals surface area contributed by atoms with E-state index in [1.807, 2.05) is 0 Å². The number of rotatable bonds is 7. The van der Waals surface area contributed by atoms with Crippen molar-refractivity contribution in [2.75, 3.05) is 6.61 Å². The molecule has 1 heteroatoms. The van der Waals surface area contributed by atoms with Crippen LogP contribution in [0, 0.1) is 5.92 Å². The second-order valence-corrected chi connectivity index (χ2v) is 6.53. The lowest BCUT2D eigenvalue weighted by atomic mass is 9.87. The predicted molar refractivity (Wildman–Crippen MR) is 83.5 cm³/mol. The van der Waals surface area contributed by atoms with Crippen molar-refractivity contribution in [1.82, 2.24) is 0 Å². The maximum atomic E-state index is 5.85. The molecule has 0 saturated heterocycles. The lowest BCUT2D eigenvalue weighted by Gasteiger charge is -2.19. The van der Waals surface area contributed by atoms with E-state index in [2.05, 4.69) is 58.9 Å². The van der Waals surface area contributed by atoms with Gasteiger partial charge in [0.25, 0.3) is 0 Å². The normalized spacial score (nSPS) is 13.5. The van der Waals surface area contributed by atoms with E-state index in [0.29, 0.717) is 0 Å². The molecule has 0 saturated carbocycles. The molecule has 1 aromatic rings. The largest absolute Gasteiger partial charge is 0.376 e. The fourth-order valence-electron chi connectivity index (χ4n) is 2.26. The van der Waals surface area contributed by atoms with Gasteiger partial charge >= 0.3 is 0 Å². The highest BCUT2D eigenvalue weighted by atomic mass is 16.5. The van der Waals surface area contributed by atoms with E-state index < -0.39 is 0 Å². The molecule has 1 rings (SSSR count). The lowest BCUT2D eigenvalue weighted by Crippen LogP contribution is -2.11. The van der Waals surface area contributed by atoms with Crippen molar-refractivity contribution in [3.63, 3.8) is 0 Å². The first-order valence-electron chi connectivity index (χ1n) is 7.64. The maximum absolute atomic E-state index is 5.85. The number of benzene rings is 1. The Morgan fingerprint density at radius 2 is 1.68 bits per heavy atom. The molecule has 0 heterocycles. The molecule has 0 aromatic heterocycles. The lowest BCUT2D eigenvalue weighted by molar-refractivity contribution is 0.0825. The number of ether oxygens (including phenoxy) is 1. The Bertz CT molecular complexity index is 345. The molecule has 0 amide bonds. The molecule has 1 atom stereocenters. The van der Waals surface area contributed by atoms with Crippen LogP contribution in [0.4, 0.5) is 0 Å². The topological polar surface area (TPSA) is 9.23 Å². The molecule has 0 N–H and O–H groups in total. The van der Waals surface area contributed by atoms with Gasteiger partial charge in [-0.2, -0.15) is 0 Å². The summed E-state index contributed by atoms with van der Waals surface area (Å²) in [5.41, 5.74) is 2.89. The van der Waals surface area contributed by atoms with Gasteiger partial charge in [0, 0.05) is 6.61 Å². The number of hydrogen-bond acceptors (Lipinski definition) is 1. The summed E-state index contributed by atoms with van der Waals surface area (Å²) in [4.78, 5) is 0. The van der Waals surface area contributed by atoms with Gasteiger partial charge < -0.3 is 4.74 Å². The summed E-state index contributed by atoms with van der Waals surface area (Å²) in [6, 6.07) is 8.84. The van der Waals surface area contributed by atoms with Crippen molar-refractivity contribution in [2.45, 2.75) is 65.9 Å².